The normalized spacial score (nSPS) is 36.2. The van der Waals surface area contributed by atoms with Gasteiger partial charge < -0.3 is 10.5 Å². The molecule has 0 bridgehead atoms. The van der Waals surface area contributed by atoms with Gasteiger partial charge in [0.15, 0.2) is 0 Å². The minimum Gasteiger partial charge on any atom is -0.377 e. The minimum absolute atomic E-state index is 0.0397. The first kappa shape index (κ1) is 13.0. The number of rotatable bonds is 4. The maximum Gasteiger partial charge on any atom is 0.0831 e. The summed E-state index contributed by atoms with van der Waals surface area (Å²) in [6.45, 7) is 6.77. The van der Waals surface area contributed by atoms with Crippen LogP contribution in [0.2, 0.25) is 0 Å². The predicted molar refractivity (Wildman–Crippen MR) is 64.8 cm³/mol. The molecule has 0 saturated heterocycles. The first-order chi connectivity index (χ1) is 7.05. The Labute approximate surface area is 94.6 Å². The summed E-state index contributed by atoms with van der Waals surface area (Å²) in [6, 6.07) is 0.194. The van der Waals surface area contributed by atoms with Crippen molar-refractivity contribution in [2.45, 2.75) is 64.5 Å². The molecule has 0 amide bonds. The molecule has 1 fully saturated rings. The van der Waals surface area contributed by atoms with Crippen molar-refractivity contribution in [2.24, 2.45) is 17.6 Å². The molecule has 0 aromatic carbocycles. The van der Waals surface area contributed by atoms with Gasteiger partial charge >= 0.3 is 0 Å². The number of ether oxygens (including phenoxy) is 1. The highest BCUT2D eigenvalue weighted by molar-refractivity contribution is 4.96. The molecule has 0 radical (unpaired) electrons. The van der Waals surface area contributed by atoms with E-state index in [-0.39, 0.29) is 11.6 Å². The van der Waals surface area contributed by atoms with E-state index in [4.69, 9.17) is 10.5 Å². The summed E-state index contributed by atoms with van der Waals surface area (Å²) >= 11 is 0. The van der Waals surface area contributed by atoms with Gasteiger partial charge in [-0.05, 0) is 37.5 Å². The van der Waals surface area contributed by atoms with Crippen molar-refractivity contribution < 1.29 is 4.74 Å². The third kappa shape index (κ3) is 2.73. The fraction of sp³-hybridized carbons (Fsp3) is 1.00. The highest BCUT2D eigenvalue weighted by Crippen LogP contribution is 2.38. The Balaban J connectivity index is 2.67. The lowest BCUT2D eigenvalue weighted by molar-refractivity contribution is -0.0772. The monoisotopic (exact) mass is 213 g/mol. The average molecular weight is 213 g/mol. The topological polar surface area (TPSA) is 35.2 Å². The maximum absolute atomic E-state index is 6.37. The Hall–Kier alpha value is -0.0800. The van der Waals surface area contributed by atoms with Crippen molar-refractivity contribution in [3.05, 3.63) is 0 Å². The van der Waals surface area contributed by atoms with Crippen LogP contribution in [-0.2, 0) is 4.74 Å². The molecule has 1 aliphatic rings. The minimum atomic E-state index is -0.0397. The zero-order valence-electron chi connectivity index (χ0n) is 10.8. The molecule has 2 heteroatoms. The second-order valence-electron chi connectivity index (χ2n) is 5.36. The van der Waals surface area contributed by atoms with Gasteiger partial charge in [-0.25, -0.2) is 0 Å². The van der Waals surface area contributed by atoms with Gasteiger partial charge in [-0.2, -0.15) is 0 Å². The smallest absolute Gasteiger partial charge is 0.0831 e. The van der Waals surface area contributed by atoms with Crippen LogP contribution in [0.25, 0.3) is 0 Å². The molecule has 2 atom stereocenters. The van der Waals surface area contributed by atoms with E-state index in [1.807, 2.05) is 7.11 Å². The molecule has 0 aromatic rings. The van der Waals surface area contributed by atoms with Crippen molar-refractivity contribution in [2.75, 3.05) is 7.11 Å². The lowest BCUT2D eigenvalue weighted by Gasteiger charge is -2.44. The van der Waals surface area contributed by atoms with Crippen LogP contribution in [0.5, 0.6) is 0 Å². The van der Waals surface area contributed by atoms with E-state index in [0.717, 1.165) is 25.2 Å². The Kier molecular flexibility index (Phi) is 4.60. The molecule has 0 aromatic heterocycles. The number of methoxy groups -OCH3 is 1. The molecule has 0 spiro atoms. The Morgan fingerprint density at radius 1 is 1.40 bits per heavy atom. The zero-order chi connectivity index (χ0) is 11.5. The molecule has 1 saturated carbocycles. The van der Waals surface area contributed by atoms with Crippen LogP contribution >= 0.6 is 0 Å². The SMILES string of the molecule is CCC(C)C(N)C1(OC)CCC(C)CC1. The molecule has 2 nitrogen and oxygen atoms in total. The van der Waals surface area contributed by atoms with E-state index in [2.05, 4.69) is 20.8 Å². The number of hydrogen-bond donors (Lipinski definition) is 1. The summed E-state index contributed by atoms with van der Waals surface area (Å²) < 4.78 is 5.79. The molecule has 2 unspecified atom stereocenters. The molecule has 1 rings (SSSR count). The van der Waals surface area contributed by atoms with Gasteiger partial charge in [0.25, 0.3) is 0 Å². The van der Waals surface area contributed by atoms with E-state index in [1.54, 1.807) is 0 Å². The van der Waals surface area contributed by atoms with Crippen LogP contribution in [-0.4, -0.2) is 18.8 Å². The van der Waals surface area contributed by atoms with Gasteiger partial charge in [0.1, 0.15) is 0 Å². The molecule has 0 heterocycles. The first-order valence-corrected chi connectivity index (χ1v) is 6.36. The predicted octanol–water partition coefficient (Wildman–Crippen LogP) is 2.96. The fourth-order valence-corrected chi connectivity index (χ4v) is 2.70. The van der Waals surface area contributed by atoms with Gasteiger partial charge in [-0.15, -0.1) is 0 Å². The number of hydrogen-bond acceptors (Lipinski definition) is 2. The summed E-state index contributed by atoms with van der Waals surface area (Å²) in [7, 11) is 1.83. The zero-order valence-corrected chi connectivity index (χ0v) is 10.8. The highest BCUT2D eigenvalue weighted by atomic mass is 16.5. The fourth-order valence-electron chi connectivity index (χ4n) is 2.70. The van der Waals surface area contributed by atoms with Crippen molar-refractivity contribution in [1.82, 2.24) is 0 Å². The van der Waals surface area contributed by atoms with Crippen LogP contribution < -0.4 is 5.73 Å². The Morgan fingerprint density at radius 3 is 2.33 bits per heavy atom. The quantitative estimate of drug-likeness (QED) is 0.779. The van der Waals surface area contributed by atoms with Crippen LogP contribution in [0, 0.1) is 11.8 Å². The van der Waals surface area contributed by atoms with Crippen LogP contribution in [0.1, 0.15) is 52.9 Å². The van der Waals surface area contributed by atoms with Crippen LogP contribution in [0.4, 0.5) is 0 Å². The molecule has 15 heavy (non-hydrogen) atoms. The third-order valence-electron chi connectivity index (χ3n) is 4.39. The highest BCUT2D eigenvalue weighted by Gasteiger charge is 2.41. The summed E-state index contributed by atoms with van der Waals surface area (Å²) in [5, 5.41) is 0. The third-order valence-corrected chi connectivity index (χ3v) is 4.39. The van der Waals surface area contributed by atoms with Gasteiger partial charge in [0.05, 0.1) is 5.60 Å². The van der Waals surface area contributed by atoms with Gasteiger partial charge in [-0.1, -0.05) is 27.2 Å². The van der Waals surface area contributed by atoms with Gasteiger partial charge in [-0.3, -0.25) is 0 Å². The van der Waals surface area contributed by atoms with Crippen LogP contribution in [0.15, 0.2) is 0 Å². The van der Waals surface area contributed by atoms with Gasteiger partial charge in [0, 0.05) is 13.2 Å². The van der Waals surface area contributed by atoms with E-state index in [1.165, 1.54) is 12.8 Å². The molecule has 90 valence electrons. The summed E-state index contributed by atoms with van der Waals surface area (Å²) in [6.07, 6.45) is 5.93. The Bertz CT molecular complexity index is 185. The Morgan fingerprint density at radius 2 is 1.93 bits per heavy atom. The summed E-state index contributed by atoms with van der Waals surface area (Å²) in [5.41, 5.74) is 6.33. The standard InChI is InChI=1S/C13H27NO/c1-5-11(3)12(14)13(15-4)8-6-10(2)7-9-13/h10-12H,5-9,14H2,1-4H3. The van der Waals surface area contributed by atoms with Crippen molar-refractivity contribution in [1.29, 1.82) is 0 Å². The van der Waals surface area contributed by atoms with E-state index in [0.29, 0.717) is 5.92 Å². The lowest BCUT2D eigenvalue weighted by Crippen LogP contribution is -2.54. The first-order valence-electron chi connectivity index (χ1n) is 6.36. The second kappa shape index (κ2) is 5.31. The van der Waals surface area contributed by atoms with Crippen molar-refractivity contribution in [3.63, 3.8) is 0 Å². The number of nitrogens with two attached hydrogens (primary N) is 1. The van der Waals surface area contributed by atoms with E-state index < -0.39 is 0 Å². The second-order valence-corrected chi connectivity index (χ2v) is 5.36. The average Bonchev–Trinajstić information content (AvgIpc) is 2.28. The summed E-state index contributed by atoms with van der Waals surface area (Å²) in [5.74, 6) is 1.40. The summed E-state index contributed by atoms with van der Waals surface area (Å²) in [4.78, 5) is 0. The van der Waals surface area contributed by atoms with Gasteiger partial charge in [0.2, 0.25) is 0 Å². The van der Waals surface area contributed by atoms with Crippen molar-refractivity contribution in [3.8, 4) is 0 Å². The molecular formula is C13H27NO. The molecular weight excluding hydrogens is 186 g/mol. The lowest BCUT2D eigenvalue weighted by atomic mass is 9.72. The molecule has 0 aliphatic heterocycles. The molecule has 2 N–H and O–H groups in total. The van der Waals surface area contributed by atoms with E-state index >= 15 is 0 Å². The largest absolute Gasteiger partial charge is 0.377 e. The van der Waals surface area contributed by atoms with Crippen molar-refractivity contribution >= 4 is 0 Å². The maximum atomic E-state index is 6.37. The molecule has 1 aliphatic carbocycles. The van der Waals surface area contributed by atoms with E-state index in [9.17, 15) is 0 Å². The van der Waals surface area contributed by atoms with Crippen LogP contribution in [0.3, 0.4) is 0 Å².